The molecule has 0 spiro atoms. The van der Waals surface area contributed by atoms with Crippen LogP contribution in [-0.4, -0.2) is 81.7 Å². The van der Waals surface area contributed by atoms with E-state index in [1.54, 1.807) is 30.7 Å². The van der Waals surface area contributed by atoms with Gasteiger partial charge in [-0.25, -0.2) is 13.7 Å². The van der Waals surface area contributed by atoms with Crippen molar-refractivity contribution in [2.24, 2.45) is 5.92 Å². The monoisotopic (exact) mass is 537 g/mol. The molecule has 12 heteroatoms. The summed E-state index contributed by atoms with van der Waals surface area (Å²) >= 11 is 0. The highest BCUT2D eigenvalue weighted by atomic mass is 19.1. The molecule has 2 amide bonds. The van der Waals surface area contributed by atoms with Gasteiger partial charge in [-0.3, -0.25) is 9.78 Å². The molecule has 4 rings (SSSR count). The summed E-state index contributed by atoms with van der Waals surface area (Å²) in [6.07, 6.45) is 2.30. The normalized spacial score (nSPS) is 17.6. The number of carbonyl (C=O) groups excluding carboxylic acids is 2. The number of ether oxygens (including phenoxy) is 1. The average molecular weight is 538 g/mol. The lowest BCUT2D eigenvalue weighted by Gasteiger charge is -2.36. The smallest absolute Gasteiger partial charge is 0.409 e. The summed E-state index contributed by atoms with van der Waals surface area (Å²) in [5.74, 6) is -0.340. The number of aromatic nitrogens is 3. The van der Waals surface area contributed by atoms with Gasteiger partial charge in [-0.2, -0.15) is 10.4 Å². The van der Waals surface area contributed by atoms with Crippen molar-refractivity contribution in [3.63, 3.8) is 0 Å². The first kappa shape index (κ1) is 27.8. The molecule has 0 aromatic carbocycles. The van der Waals surface area contributed by atoms with Gasteiger partial charge < -0.3 is 25.4 Å². The maximum absolute atomic E-state index is 14.3. The molecule has 0 radical (unpaired) electrons. The highest BCUT2D eigenvalue weighted by molar-refractivity contribution is 6.00. The second-order valence-electron chi connectivity index (χ2n) is 10.5. The third kappa shape index (κ3) is 6.43. The van der Waals surface area contributed by atoms with E-state index < -0.39 is 23.8 Å². The van der Waals surface area contributed by atoms with Gasteiger partial charge in [0.25, 0.3) is 5.91 Å². The molecule has 0 bridgehead atoms. The van der Waals surface area contributed by atoms with Crippen molar-refractivity contribution in [3.8, 4) is 17.5 Å². The Balaban J connectivity index is 1.55. The van der Waals surface area contributed by atoms with Crippen LogP contribution >= 0.6 is 0 Å². The lowest BCUT2D eigenvalue weighted by molar-refractivity contribution is -0.00178. The van der Waals surface area contributed by atoms with Gasteiger partial charge in [0.1, 0.15) is 12.2 Å². The Hall–Kier alpha value is -4.24. The average Bonchev–Trinajstić information content (AvgIpc) is 3.30. The number of nitrogens with zero attached hydrogens (tertiary/aromatic N) is 5. The maximum atomic E-state index is 14.3. The number of fused-ring (bicyclic) bond motifs is 1. The second-order valence-corrected chi connectivity index (χ2v) is 10.5. The predicted octanol–water partition coefficient (Wildman–Crippen LogP) is 3.00. The van der Waals surface area contributed by atoms with Gasteiger partial charge in [-0.1, -0.05) is 0 Å². The first-order valence-corrected chi connectivity index (χ1v) is 12.6. The predicted molar refractivity (Wildman–Crippen MR) is 142 cm³/mol. The van der Waals surface area contributed by atoms with Crippen LogP contribution in [0, 0.1) is 17.2 Å². The summed E-state index contributed by atoms with van der Waals surface area (Å²) in [5, 5.41) is 29.3. The molecule has 1 aliphatic rings. The van der Waals surface area contributed by atoms with Gasteiger partial charge in [-0.05, 0) is 56.9 Å². The molecule has 3 aromatic heterocycles. The molecule has 11 nitrogen and oxygen atoms in total. The first-order valence-electron chi connectivity index (χ1n) is 12.6. The van der Waals surface area contributed by atoms with Crippen molar-refractivity contribution in [1.29, 1.82) is 5.26 Å². The Bertz CT molecular complexity index is 1400. The van der Waals surface area contributed by atoms with Crippen molar-refractivity contribution in [1.82, 2.24) is 24.8 Å². The van der Waals surface area contributed by atoms with Crippen LogP contribution in [0.25, 0.3) is 16.9 Å². The molecule has 3 aromatic rings. The van der Waals surface area contributed by atoms with Gasteiger partial charge in [0.05, 0.1) is 58.7 Å². The number of pyridine rings is 1. The quantitative estimate of drug-likeness (QED) is 0.378. The van der Waals surface area contributed by atoms with Crippen LogP contribution in [0.5, 0.6) is 0 Å². The lowest BCUT2D eigenvalue weighted by Crippen LogP contribution is -2.42. The Morgan fingerprint density at radius 3 is 2.72 bits per heavy atom. The number of carbonyl (C=O) groups is 2. The summed E-state index contributed by atoms with van der Waals surface area (Å²) < 4.78 is 21.2. The second kappa shape index (κ2) is 11.2. The lowest BCUT2D eigenvalue weighted by atomic mass is 9.80. The fourth-order valence-corrected chi connectivity index (χ4v) is 4.21. The number of hydrogen-bond acceptors (Lipinski definition) is 8. The summed E-state index contributed by atoms with van der Waals surface area (Å²) in [6.45, 7) is 2.63. The molecule has 1 fully saturated rings. The van der Waals surface area contributed by atoms with E-state index in [-0.39, 0.29) is 24.1 Å². The van der Waals surface area contributed by atoms with E-state index in [0.717, 1.165) is 18.4 Å². The number of nitrogens with one attached hydrogen (secondary N) is 2. The SMILES string of the molecule is CN(C)C(=O)OC[C@H]1C[C@H](Nc2cc(-c3ccc4cc(C#N)cnn34)ncc2C(=O)NC[C@@H](F)C(C)(C)O)C1. The molecule has 0 aliphatic heterocycles. The number of hydrogen-bond donors (Lipinski definition) is 3. The third-order valence-corrected chi connectivity index (χ3v) is 6.65. The molecule has 3 heterocycles. The molecule has 39 heavy (non-hydrogen) atoms. The maximum Gasteiger partial charge on any atom is 0.409 e. The van der Waals surface area contributed by atoms with Crippen molar-refractivity contribution in [3.05, 3.63) is 47.8 Å². The van der Waals surface area contributed by atoms with E-state index in [1.807, 2.05) is 12.1 Å². The number of halogens is 1. The van der Waals surface area contributed by atoms with E-state index in [4.69, 9.17) is 10.00 Å². The number of rotatable bonds is 9. The van der Waals surface area contributed by atoms with Gasteiger partial charge in [0.2, 0.25) is 0 Å². The number of alkyl halides is 1. The summed E-state index contributed by atoms with van der Waals surface area (Å²) in [4.78, 5) is 30.6. The number of amides is 2. The zero-order valence-electron chi connectivity index (χ0n) is 22.3. The number of aliphatic hydroxyl groups is 1. The molecular weight excluding hydrogens is 505 g/mol. The van der Waals surface area contributed by atoms with Crippen LogP contribution in [0.3, 0.4) is 0 Å². The molecule has 0 saturated heterocycles. The largest absolute Gasteiger partial charge is 0.449 e. The minimum Gasteiger partial charge on any atom is -0.449 e. The van der Waals surface area contributed by atoms with Crippen molar-refractivity contribution >= 4 is 23.2 Å². The van der Waals surface area contributed by atoms with Crippen LogP contribution in [0.2, 0.25) is 0 Å². The van der Waals surface area contributed by atoms with E-state index in [0.29, 0.717) is 29.2 Å². The zero-order valence-corrected chi connectivity index (χ0v) is 22.3. The standard InChI is InChI=1S/C27H32FN7O4/c1-27(2,38)24(28)14-31-25(36)20-13-30-22(23-6-5-19-9-17(11-29)12-32-35(19)23)10-21(20)33-18-7-16(8-18)15-39-26(37)34(3)4/h5-6,9-10,12-13,16,18,24,38H,7-8,14-15H2,1-4H3,(H,30,33)(H,31,36)/t16-,18-,24-/m1/s1. The summed E-state index contributed by atoms with van der Waals surface area (Å²) in [6, 6.07) is 9.19. The van der Waals surface area contributed by atoms with Gasteiger partial charge >= 0.3 is 6.09 Å². The van der Waals surface area contributed by atoms with Crippen LogP contribution in [-0.2, 0) is 4.74 Å². The molecule has 1 saturated carbocycles. The van der Waals surface area contributed by atoms with E-state index in [9.17, 15) is 19.1 Å². The summed E-state index contributed by atoms with van der Waals surface area (Å²) in [5.41, 5.74) is 1.50. The first-order chi connectivity index (χ1) is 18.5. The van der Waals surface area contributed by atoms with Crippen molar-refractivity contribution in [2.75, 3.05) is 32.6 Å². The van der Waals surface area contributed by atoms with Crippen molar-refractivity contribution < 1.29 is 23.8 Å². The third-order valence-electron chi connectivity index (χ3n) is 6.65. The van der Waals surface area contributed by atoms with E-state index in [1.165, 1.54) is 31.1 Å². The van der Waals surface area contributed by atoms with Gasteiger partial charge in [-0.15, -0.1) is 0 Å². The number of anilines is 1. The van der Waals surface area contributed by atoms with Gasteiger partial charge in [0.15, 0.2) is 0 Å². The highest BCUT2D eigenvalue weighted by Gasteiger charge is 2.32. The Labute approximate surface area is 225 Å². The minimum absolute atomic E-state index is 0.0283. The van der Waals surface area contributed by atoms with E-state index >= 15 is 0 Å². The molecule has 1 aliphatic carbocycles. The minimum atomic E-state index is -1.65. The Morgan fingerprint density at radius 1 is 1.31 bits per heavy atom. The zero-order chi connectivity index (χ0) is 28.3. The van der Waals surface area contributed by atoms with Crippen LogP contribution in [0.1, 0.15) is 42.6 Å². The van der Waals surface area contributed by atoms with Crippen molar-refractivity contribution in [2.45, 2.75) is 44.5 Å². The highest BCUT2D eigenvalue weighted by Crippen LogP contribution is 2.33. The Kier molecular flexibility index (Phi) is 8.01. The van der Waals surface area contributed by atoms with Crippen LogP contribution in [0.4, 0.5) is 14.9 Å². The molecule has 3 N–H and O–H groups in total. The molecule has 206 valence electrons. The van der Waals surface area contributed by atoms with Crippen LogP contribution < -0.4 is 10.6 Å². The fourth-order valence-electron chi connectivity index (χ4n) is 4.21. The number of nitriles is 1. The van der Waals surface area contributed by atoms with Crippen LogP contribution in [0.15, 0.2) is 36.7 Å². The molecule has 1 atom stereocenters. The van der Waals surface area contributed by atoms with Gasteiger partial charge in [0, 0.05) is 26.3 Å². The topological polar surface area (TPSA) is 145 Å². The molecule has 0 unspecified atom stereocenters. The Morgan fingerprint density at radius 2 is 2.05 bits per heavy atom. The summed E-state index contributed by atoms with van der Waals surface area (Å²) in [7, 11) is 3.25. The van der Waals surface area contributed by atoms with E-state index in [2.05, 4.69) is 26.8 Å². The fraction of sp³-hybridized carbons (Fsp3) is 0.444. The molecular formula is C27H32FN7O4.